The van der Waals surface area contributed by atoms with E-state index >= 15 is 0 Å². The molecule has 2 saturated carbocycles. The van der Waals surface area contributed by atoms with Gasteiger partial charge in [-0.25, -0.2) is 9.78 Å². The van der Waals surface area contributed by atoms with Crippen molar-refractivity contribution >= 4 is 11.8 Å². The molecule has 1 aromatic heterocycles. The second-order valence-electron chi connectivity index (χ2n) is 6.64. The van der Waals surface area contributed by atoms with E-state index in [2.05, 4.69) is 10.3 Å². The van der Waals surface area contributed by atoms with Crippen molar-refractivity contribution < 1.29 is 9.90 Å². The molecule has 0 spiro atoms. The molecule has 4 nitrogen and oxygen atoms in total. The van der Waals surface area contributed by atoms with Gasteiger partial charge in [0.15, 0.2) is 0 Å². The molecule has 0 saturated heterocycles. The van der Waals surface area contributed by atoms with E-state index in [1.54, 1.807) is 0 Å². The third-order valence-corrected chi connectivity index (χ3v) is 5.22. The molecular formula is C16H20N2O2. The fourth-order valence-corrected chi connectivity index (χ4v) is 3.62. The monoisotopic (exact) mass is 272 g/mol. The quantitative estimate of drug-likeness (QED) is 0.865. The van der Waals surface area contributed by atoms with Gasteiger partial charge in [0.25, 0.3) is 0 Å². The highest BCUT2D eigenvalue weighted by molar-refractivity contribution is 5.93. The van der Waals surface area contributed by atoms with Gasteiger partial charge >= 0.3 is 5.97 Å². The van der Waals surface area contributed by atoms with Crippen LogP contribution in [0, 0.1) is 11.3 Å². The van der Waals surface area contributed by atoms with Crippen LogP contribution >= 0.6 is 0 Å². The van der Waals surface area contributed by atoms with Crippen LogP contribution < -0.4 is 5.32 Å². The molecule has 0 aliphatic heterocycles. The average Bonchev–Trinajstić information content (AvgIpc) is 3.32. The molecule has 0 bridgehead atoms. The van der Waals surface area contributed by atoms with E-state index in [1.807, 2.05) is 6.07 Å². The summed E-state index contributed by atoms with van der Waals surface area (Å²) in [5.41, 5.74) is 3.01. The summed E-state index contributed by atoms with van der Waals surface area (Å²) in [4.78, 5) is 16.0. The summed E-state index contributed by atoms with van der Waals surface area (Å²) in [7, 11) is 0. The van der Waals surface area contributed by atoms with Crippen molar-refractivity contribution in [3.63, 3.8) is 0 Å². The third-order valence-electron chi connectivity index (χ3n) is 5.22. The van der Waals surface area contributed by atoms with E-state index in [-0.39, 0.29) is 0 Å². The Kier molecular flexibility index (Phi) is 2.56. The average molecular weight is 272 g/mol. The lowest BCUT2D eigenvalue weighted by molar-refractivity contribution is 0.0697. The van der Waals surface area contributed by atoms with E-state index in [4.69, 9.17) is 0 Å². The number of hydrogen-bond donors (Lipinski definition) is 2. The molecule has 4 rings (SSSR count). The Balaban J connectivity index is 1.58. The molecule has 0 radical (unpaired) electrons. The minimum absolute atomic E-state index is 0.345. The number of aryl methyl sites for hydroxylation is 2. The molecule has 2 N–H and O–H groups in total. The molecule has 4 heteroatoms. The van der Waals surface area contributed by atoms with Crippen LogP contribution in [0.3, 0.4) is 0 Å². The van der Waals surface area contributed by atoms with Crippen LogP contribution in [0.4, 0.5) is 5.82 Å². The number of fused-ring (bicyclic) bond motifs is 1. The van der Waals surface area contributed by atoms with Crippen molar-refractivity contribution in [2.45, 2.75) is 44.9 Å². The molecular weight excluding hydrogens is 252 g/mol. The zero-order valence-electron chi connectivity index (χ0n) is 11.6. The third kappa shape index (κ3) is 1.98. The highest BCUT2D eigenvalue weighted by Crippen LogP contribution is 2.61. The molecule has 0 atom stereocenters. The van der Waals surface area contributed by atoms with Crippen LogP contribution in [-0.2, 0) is 12.8 Å². The Hall–Kier alpha value is -1.58. The number of aromatic nitrogens is 1. The number of carboxylic acids is 1. The predicted octanol–water partition coefficient (Wildman–Crippen LogP) is 2.87. The first kappa shape index (κ1) is 12.2. The van der Waals surface area contributed by atoms with Crippen molar-refractivity contribution in [2.24, 2.45) is 11.3 Å². The summed E-state index contributed by atoms with van der Waals surface area (Å²) >= 11 is 0. The molecule has 0 amide bonds. The predicted molar refractivity (Wildman–Crippen MR) is 76.1 cm³/mol. The van der Waals surface area contributed by atoms with Crippen LogP contribution in [0.25, 0.3) is 0 Å². The Morgan fingerprint density at radius 3 is 2.85 bits per heavy atom. The topological polar surface area (TPSA) is 62.2 Å². The van der Waals surface area contributed by atoms with Crippen molar-refractivity contribution in [1.82, 2.24) is 4.98 Å². The number of rotatable bonds is 5. The fourth-order valence-electron chi connectivity index (χ4n) is 3.62. The van der Waals surface area contributed by atoms with Crippen molar-refractivity contribution in [2.75, 3.05) is 11.9 Å². The summed E-state index contributed by atoms with van der Waals surface area (Å²) in [5.74, 6) is 0.591. The zero-order valence-corrected chi connectivity index (χ0v) is 11.6. The fraction of sp³-hybridized carbons (Fsp3) is 0.625. The van der Waals surface area contributed by atoms with Gasteiger partial charge in [-0.2, -0.15) is 0 Å². The normalized spacial score (nSPS) is 22.4. The maximum absolute atomic E-state index is 11.4. The highest BCUT2D eigenvalue weighted by Gasteiger charge is 2.53. The molecule has 1 aromatic rings. The Labute approximate surface area is 118 Å². The molecule has 2 fully saturated rings. The van der Waals surface area contributed by atoms with E-state index in [1.165, 1.54) is 25.7 Å². The van der Waals surface area contributed by atoms with Crippen molar-refractivity contribution in [1.29, 1.82) is 0 Å². The minimum Gasteiger partial charge on any atom is -0.478 e. The van der Waals surface area contributed by atoms with Crippen LogP contribution in [0.15, 0.2) is 6.07 Å². The smallest absolute Gasteiger partial charge is 0.339 e. The standard InChI is InChI=1S/C16H20N2O2/c19-15(20)12-8-10-2-1-3-13(10)18-14(12)17-9-16(6-7-16)11-4-5-11/h8,11H,1-7,9H2,(H,17,18)(H,19,20). The minimum atomic E-state index is -0.869. The van der Waals surface area contributed by atoms with Gasteiger partial charge < -0.3 is 10.4 Å². The molecule has 106 valence electrons. The molecule has 3 aliphatic carbocycles. The van der Waals surface area contributed by atoms with Crippen molar-refractivity contribution in [3.8, 4) is 0 Å². The van der Waals surface area contributed by atoms with Gasteiger partial charge in [0.05, 0.1) is 0 Å². The first-order chi connectivity index (χ1) is 9.68. The largest absolute Gasteiger partial charge is 0.478 e. The number of hydrogen-bond acceptors (Lipinski definition) is 3. The van der Waals surface area contributed by atoms with Gasteiger partial charge in [-0.05, 0) is 67.9 Å². The van der Waals surface area contributed by atoms with E-state index in [9.17, 15) is 9.90 Å². The Bertz CT molecular complexity index is 574. The summed E-state index contributed by atoms with van der Waals surface area (Å²) in [6.45, 7) is 0.893. The number of aromatic carboxylic acids is 1. The van der Waals surface area contributed by atoms with Crippen LogP contribution in [0.5, 0.6) is 0 Å². The van der Waals surface area contributed by atoms with Gasteiger partial charge in [0.2, 0.25) is 0 Å². The molecule has 3 aliphatic rings. The summed E-state index contributed by atoms with van der Waals surface area (Å²) in [6, 6.07) is 1.83. The van der Waals surface area contributed by atoms with Crippen molar-refractivity contribution in [3.05, 3.63) is 22.9 Å². The lowest BCUT2D eigenvalue weighted by Gasteiger charge is -2.17. The van der Waals surface area contributed by atoms with E-state index in [0.717, 1.165) is 43.0 Å². The Morgan fingerprint density at radius 2 is 2.20 bits per heavy atom. The first-order valence-corrected chi connectivity index (χ1v) is 7.68. The number of carboxylic acid groups (broad SMARTS) is 1. The number of anilines is 1. The first-order valence-electron chi connectivity index (χ1n) is 7.68. The number of nitrogens with one attached hydrogen (secondary N) is 1. The second-order valence-corrected chi connectivity index (χ2v) is 6.64. The highest BCUT2D eigenvalue weighted by atomic mass is 16.4. The maximum atomic E-state index is 11.4. The van der Waals surface area contributed by atoms with Crippen LogP contribution in [-0.4, -0.2) is 22.6 Å². The van der Waals surface area contributed by atoms with Crippen LogP contribution in [0.1, 0.15) is 53.7 Å². The number of carbonyl (C=O) groups is 1. The number of nitrogens with zero attached hydrogens (tertiary/aromatic N) is 1. The lowest BCUT2D eigenvalue weighted by Crippen LogP contribution is -2.20. The zero-order chi connectivity index (χ0) is 13.7. The van der Waals surface area contributed by atoms with E-state index in [0.29, 0.717) is 16.8 Å². The molecule has 0 unspecified atom stereocenters. The molecule has 0 aromatic carbocycles. The van der Waals surface area contributed by atoms with Gasteiger partial charge in [-0.1, -0.05) is 0 Å². The van der Waals surface area contributed by atoms with Gasteiger partial charge in [0, 0.05) is 12.2 Å². The summed E-state index contributed by atoms with van der Waals surface area (Å²) < 4.78 is 0. The van der Waals surface area contributed by atoms with Crippen LogP contribution in [0.2, 0.25) is 0 Å². The number of pyridine rings is 1. The Morgan fingerprint density at radius 1 is 1.40 bits per heavy atom. The second kappa shape index (κ2) is 4.21. The molecule has 1 heterocycles. The lowest BCUT2D eigenvalue weighted by atomic mass is 10.0. The maximum Gasteiger partial charge on any atom is 0.339 e. The SMILES string of the molecule is O=C(O)c1cc2c(nc1NCC1(C3CC3)CC1)CCC2. The summed E-state index contributed by atoms with van der Waals surface area (Å²) in [5, 5.41) is 12.7. The van der Waals surface area contributed by atoms with Gasteiger partial charge in [-0.15, -0.1) is 0 Å². The molecule has 20 heavy (non-hydrogen) atoms. The van der Waals surface area contributed by atoms with Gasteiger partial charge in [-0.3, -0.25) is 0 Å². The van der Waals surface area contributed by atoms with Gasteiger partial charge in [0.1, 0.15) is 11.4 Å². The van der Waals surface area contributed by atoms with E-state index < -0.39 is 5.97 Å². The summed E-state index contributed by atoms with van der Waals surface area (Å²) in [6.07, 6.45) is 8.33.